The molecule has 1 atom stereocenters. The number of benzene rings is 2. The summed E-state index contributed by atoms with van der Waals surface area (Å²) in [5, 5.41) is 4.69. The van der Waals surface area contributed by atoms with E-state index in [1.807, 2.05) is 59.2 Å². The van der Waals surface area contributed by atoms with Crippen LogP contribution in [0.5, 0.6) is 0 Å². The maximum Gasteiger partial charge on any atom is 0.259 e. The molecule has 2 aromatic carbocycles. The molecule has 9 heteroatoms. The molecule has 2 aliphatic heterocycles. The molecule has 1 fully saturated rings. The van der Waals surface area contributed by atoms with Crippen LogP contribution in [0.25, 0.3) is 11.1 Å². The lowest BCUT2D eigenvalue weighted by molar-refractivity contribution is -0.122. The van der Waals surface area contributed by atoms with Gasteiger partial charge in [0.15, 0.2) is 5.78 Å². The number of nitrogens with one attached hydrogen (secondary N) is 1. The quantitative estimate of drug-likeness (QED) is 0.404. The van der Waals surface area contributed by atoms with Gasteiger partial charge in [0.2, 0.25) is 0 Å². The van der Waals surface area contributed by atoms with Gasteiger partial charge in [-0.3, -0.25) is 19.3 Å². The number of amidine groups is 1. The van der Waals surface area contributed by atoms with Crippen LogP contribution in [0, 0.1) is 11.7 Å². The number of carbonyl (C=O) groups excluding carboxylic acids is 2. The minimum absolute atomic E-state index is 0.0645. The lowest BCUT2D eigenvalue weighted by Gasteiger charge is -2.31. The van der Waals surface area contributed by atoms with Gasteiger partial charge in [0.05, 0.1) is 5.57 Å². The van der Waals surface area contributed by atoms with Gasteiger partial charge >= 0.3 is 0 Å². The molecule has 1 saturated heterocycles. The van der Waals surface area contributed by atoms with Crippen LogP contribution in [-0.2, 0) is 20.7 Å². The summed E-state index contributed by atoms with van der Waals surface area (Å²) in [5.41, 5.74) is 10.5. The Labute approximate surface area is 244 Å². The number of hydrogen-bond acceptors (Lipinski definition) is 6. The van der Waals surface area contributed by atoms with Gasteiger partial charge < -0.3 is 15.8 Å². The normalized spacial score (nSPS) is 18.9. The molecular weight excluding hydrogens is 533 g/mol. The molecule has 3 aliphatic rings. The van der Waals surface area contributed by atoms with Gasteiger partial charge in [0.1, 0.15) is 24.0 Å². The van der Waals surface area contributed by atoms with Crippen molar-refractivity contribution in [2.45, 2.75) is 31.6 Å². The van der Waals surface area contributed by atoms with E-state index in [0.29, 0.717) is 49.0 Å². The van der Waals surface area contributed by atoms with E-state index < -0.39 is 11.7 Å². The van der Waals surface area contributed by atoms with Crippen LogP contribution in [-0.4, -0.2) is 49.1 Å². The van der Waals surface area contributed by atoms with Gasteiger partial charge in [-0.05, 0) is 61.6 Å². The summed E-state index contributed by atoms with van der Waals surface area (Å²) < 4.78 is 23.3. The topological polar surface area (TPSA) is 102 Å². The molecule has 0 bridgehead atoms. The third kappa shape index (κ3) is 5.39. The first kappa shape index (κ1) is 27.7. The number of nitrogens with two attached hydrogens (primary N) is 1. The van der Waals surface area contributed by atoms with Crippen molar-refractivity contribution in [2.24, 2.45) is 16.6 Å². The predicted octanol–water partition coefficient (Wildman–Crippen LogP) is 4.69. The predicted molar refractivity (Wildman–Crippen MR) is 161 cm³/mol. The van der Waals surface area contributed by atoms with Gasteiger partial charge in [-0.15, -0.1) is 0 Å². The van der Waals surface area contributed by atoms with Crippen LogP contribution < -0.4 is 16.1 Å². The average Bonchev–Trinajstić information content (AvgIpc) is 3.41. The molecule has 3 N–H and O–H groups in total. The van der Waals surface area contributed by atoms with E-state index in [1.54, 1.807) is 18.2 Å². The van der Waals surface area contributed by atoms with Crippen molar-refractivity contribution >= 4 is 23.2 Å². The Hall–Kier alpha value is -4.50. The Balaban J connectivity index is 1.21. The first-order valence-electron chi connectivity index (χ1n) is 14.3. The van der Waals surface area contributed by atoms with Gasteiger partial charge in [0, 0.05) is 54.6 Å². The van der Waals surface area contributed by atoms with Crippen LogP contribution >= 0.6 is 0 Å². The number of Topliss-reactive ketones (excluding diaryl/α,β-unsaturated/α-hetero) is 1. The van der Waals surface area contributed by atoms with Crippen molar-refractivity contribution in [3.05, 3.63) is 101 Å². The van der Waals surface area contributed by atoms with Crippen molar-refractivity contribution in [2.75, 3.05) is 37.3 Å². The minimum atomic E-state index is -0.553. The molecule has 1 aromatic heterocycles. The van der Waals surface area contributed by atoms with E-state index in [4.69, 9.17) is 10.5 Å². The van der Waals surface area contributed by atoms with Crippen LogP contribution in [0.3, 0.4) is 0 Å². The van der Waals surface area contributed by atoms with Crippen LogP contribution in [0.1, 0.15) is 42.1 Å². The molecule has 42 heavy (non-hydrogen) atoms. The summed E-state index contributed by atoms with van der Waals surface area (Å²) in [6, 6.07) is 16.5. The second-order valence-electron chi connectivity index (χ2n) is 11.0. The highest BCUT2D eigenvalue weighted by atomic mass is 19.1. The van der Waals surface area contributed by atoms with Crippen molar-refractivity contribution < 1.29 is 18.7 Å². The molecule has 8 nitrogen and oxygen atoms in total. The number of ether oxygens (including phenoxy) is 1. The fourth-order valence-corrected chi connectivity index (χ4v) is 5.99. The Kier molecular flexibility index (Phi) is 7.75. The van der Waals surface area contributed by atoms with E-state index in [-0.39, 0.29) is 28.9 Å². The molecule has 216 valence electrons. The second kappa shape index (κ2) is 11.8. The number of allylic oxidation sites excluding steroid dienone is 3. The highest BCUT2D eigenvalue weighted by Crippen LogP contribution is 2.37. The summed E-state index contributed by atoms with van der Waals surface area (Å²) in [6.07, 6.45) is 8.17. The monoisotopic (exact) mass is 567 g/mol. The lowest BCUT2D eigenvalue weighted by atomic mass is 9.87. The Morgan fingerprint density at radius 2 is 1.90 bits per heavy atom. The molecule has 3 aromatic rings. The van der Waals surface area contributed by atoms with E-state index in [2.05, 4.69) is 10.3 Å². The maximum atomic E-state index is 15.7. The molecule has 0 spiro atoms. The standard InChI is InChI=1S/C33H34FN5O3/c1-38-20-36-32(35)30-27(19-29(39(30)38)22-14-16-42-17-15-22)25-13-12-24(18-28(25)34)37-33(41)26-9-5-8-23(31(26)40)11-10-21-6-3-2-4-7-21/h2-9,12-13,18-19,22-23H,10-11,14-17,20H2,1H3,(H2,35,36)(H,37,41). The van der Waals surface area contributed by atoms with E-state index in [1.165, 1.54) is 12.1 Å². The number of aryl methyl sites for hydroxylation is 1. The molecule has 1 aliphatic carbocycles. The van der Waals surface area contributed by atoms with Crippen molar-refractivity contribution in [3.63, 3.8) is 0 Å². The number of anilines is 1. The molecule has 6 rings (SSSR count). The molecular formula is C33H34FN5O3. The van der Waals surface area contributed by atoms with Gasteiger partial charge in [-0.2, -0.15) is 0 Å². The number of hydrogen-bond donors (Lipinski definition) is 2. The second-order valence-corrected chi connectivity index (χ2v) is 11.0. The fraction of sp³-hybridized carbons (Fsp3) is 0.303. The van der Waals surface area contributed by atoms with Crippen LogP contribution in [0.2, 0.25) is 0 Å². The zero-order valence-electron chi connectivity index (χ0n) is 23.6. The molecule has 1 amide bonds. The van der Waals surface area contributed by atoms with Gasteiger partial charge in [-0.1, -0.05) is 42.5 Å². The summed E-state index contributed by atoms with van der Waals surface area (Å²) in [6.45, 7) is 1.77. The molecule has 3 heterocycles. The molecule has 0 radical (unpaired) electrons. The first-order chi connectivity index (χ1) is 20.4. The fourth-order valence-electron chi connectivity index (χ4n) is 5.99. The maximum absolute atomic E-state index is 15.7. The average molecular weight is 568 g/mol. The zero-order chi connectivity index (χ0) is 29.2. The third-order valence-electron chi connectivity index (χ3n) is 8.23. The smallest absolute Gasteiger partial charge is 0.259 e. The Morgan fingerprint density at radius 1 is 1.12 bits per heavy atom. The Bertz CT molecular complexity index is 1600. The number of halogens is 1. The molecule has 0 saturated carbocycles. The largest absolute Gasteiger partial charge is 0.382 e. The van der Waals surface area contributed by atoms with E-state index in [0.717, 1.165) is 30.5 Å². The third-order valence-corrected chi connectivity index (χ3v) is 8.23. The van der Waals surface area contributed by atoms with Gasteiger partial charge in [0.25, 0.3) is 5.91 Å². The van der Waals surface area contributed by atoms with Crippen molar-refractivity contribution in [3.8, 4) is 11.1 Å². The highest BCUT2D eigenvalue weighted by Gasteiger charge is 2.31. The Morgan fingerprint density at radius 3 is 2.67 bits per heavy atom. The number of rotatable bonds is 7. The lowest BCUT2D eigenvalue weighted by Crippen LogP contribution is -2.41. The molecule has 1 unspecified atom stereocenters. The van der Waals surface area contributed by atoms with Crippen LogP contribution in [0.15, 0.2) is 83.4 Å². The van der Waals surface area contributed by atoms with Gasteiger partial charge in [-0.25, -0.2) is 9.38 Å². The number of carbonyl (C=O) groups is 2. The number of aliphatic imine (C=N–C) groups is 1. The van der Waals surface area contributed by atoms with Crippen molar-refractivity contribution in [1.82, 2.24) is 4.68 Å². The van der Waals surface area contributed by atoms with E-state index in [9.17, 15) is 9.59 Å². The number of fused-ring (bicyclic) bond motifs is 1. The van der Waals surface area contributed by atoms with E-state index >= 15 is 4.39 Å². The summed E-state index contributed by atoms with van der Waals surface area (Å²) in [7, 11) is 1.93. The summed E-state index contributed by atoms with van der Waals surface area (Å²) >= 11 is 0. The van der Waals surface area contributed by atoms with Crippen molar-refractivity contribution in [1.29, 1.82) is 0 Å². The number of aromatic nitrogens is 1. The number of nitrogens with zero attached hydrogens (tertiary/aromatic N) is 3. The van der Waals surface area contributed by atoms with Crippen LogP contribution in [0.4, 0.5) is 10.1 Å². The number of ketones is 1. The summed E-state index contributed by atoms with van der Waals surface area (Å²) in [5.74, 6) is -1.06. The first-order valence-corrected chi connectivity index (χ1v) is 14.3. The zero-order valence-corrected chi connectivity index (χ0v) is 23.6. The minimum Gasteiger partial charge on any atom is -0.382 e. The summed E-state index contributed by atoms with van der Waals surface area (Å²) in [4.78, 5) is 30.7. The highest BCUT2D eigenvalue weighted by molar-refractivity contribution is 6.25. The SMILES string of the molecule is CN1CN=C(N)c2c(-c3ccc(NC(=O)C4=CC=CC(CCc5ccccc5)C4=O)cc3F)cc(C3CCOCC3)n21. The number of amides is 1.